The van der Waals surface area contributed by atoms with Crippen LogP contribution in [0.5, 0.6) is 0 Å². The topological polar surface area (TPSA) is 75.3 Å². The fourth-order valence-electron chi connectivity index (χ4n) is 2.85. The Morgan fingerprint density at radius 2 is 1.78 bits per heavy atom. The van der Waals surface area contributed by atoms with E-state index < -0.39 is 10.0 Å². The molecule has 3 rings (SSSR count). The van der Waals surface area contributed by atoms with Gasteiger partial charge in [0.25, 0.3) is 5.91 Å². The van der Waals surface area contributed by atoms with Gasteiger partial charge in [0.1, 0.15) is 0 Å². The molecule has 0 saturated heterocycles. The molecule has 0 bridgehead atoms. The molecule has 5 nitrogen and oxygen atoms in total. The van der Waals surface area contributed by atoms with Gasteiger partial charge in [-0.1, -0.05) is 24.3 Å². The molecular weight excluding hydrogens is 312 g/mol. The molecule has 0 radical (unpaired) electrons. The van der Waals surface area contributed by atoms with Crippen LogP contribution in [0.3, 0.4) is 0 Å². The van der Waals surface area contributed by atoms with Crippen LogP contribution in [-0.4, -0.2) is 21.4 Å². The maximum atomic E-state index is 12.4. The van der Waals surface area contributed by atoms with Crippen molar-refractivity contribution in [1.82, 2.24) is 10.0 Å². The molecule has 0 fully saturated rings. The number of nitrogens with one attached hydrogen (secondary N) is 2. The summed E-state index contributed by atoms with van der Waals surface area (Å²) in [6.45, 7) is 0. The number of carbonyl (C=O) groups is 1. The van der Waals surface area contributed by atoms with Crippen molar-refractivity contribution in [2.75, 3.05) is 7.05 Å². The summed E-state index contributed by atoms with van der Waals surface area (Å²) in [5.41, 5.74) is 2.88. The van der Waals surface area contributed by atoms with E-state index in [0.29, 0.717) is 5.56 Å². The van der Waals surface area contributed by atoms with Crippen LogP contribution in [0.25, 0.3) is 0 Å². The lowest BCUT2D eigenvalue weighted by atomic mass is 10.1. The summed E-state index contributed by atoms with van der Waals surface area (Å²) in [7, 11) is -2.13. The standard InChI is InChI=1S/C17H18N2O3S/c1-18-23(21,22)14-9-6-13(7-10-14)17(20)19-16-11-8-12-4-2-3-5-15(12)16/h2-7,9-10,16,18H,8,11H2,1H3,(H,19,20)/t16-/m1/s1. The number of sulfonamides is 1. The molecule has 0 aromatic heterocycles. The number of hydrogen-bond acceptors (Lipinski definition) is 3. The average molecular weight is 330 g/mol. The van der Waals surface area contributed by atoms with Crippen molar-refractivity contribution in [3.05, 3.63) is 65.2 Å². The van der Waals surface area contributed by atoms with Gasteiger partial charge in [-0.25, -0.2) is 13.1 Å². The number of benzene rings is 2. The molecule has 2 aromatic rings. The Bertz CT molecular complexity index is 829. The number of amides is 1. The van der Waals surface area contributed by atoms with Crippen molar-refractivity contribution in [2.24, 2.45) is 0 Å². The van der Waals surface area contributed by atoms with Crippen LogP contribution in [0.4, 0.5) is 0 Å². The van der Waals surface area contributed by atoms with Gasteiger partial charge in [0.2, 0.25) is 10.0 Å². The Balaban J connectivity index is 1.75. The molecule has 0 heterocycles. The molecule has 0 aliphatic heterocycles. The van der Waals surface area contributed by atoms with Crippen molar-refractivity contribution in [2.45, 2.75) is 23.8 Å². The first-order valence-electron chi connectivity index (χ1n) is 7.43. The van der Waals surface area contributed by atoms with E-state index in [-0.39, 0.29) is 16.8 Å². The maximum Gasteiger partial charge on any atom is 0.251 e. The zero-order valence-corrected chi connectivity index (χ0v) is 13.6. The predicted molar refractivity (Wildman–Crippen MR) is 87.7 cm³/mol. The van der Waals surface area contributed by atoms with Crippen LogP contribution in [-0.2, 0) is 16.4 Å². The smallest absolute Gasteiger partial charge is 0.251 e. The fraction of sp³-hybridized carbons (Fsp3) is 0.235. The van der Waals surface area contributed by atoms with Crippen molar-refractivity contribution in [1.29, 1.82) is 0 Å². The van der Waals surface area contributed by atoms with Crippen molar-refractivity contribution >= 4 is 15.9 Å². The highest BCUT2D eigenvalue weighted by atomic mass is 32.2. The van der Waals surface area contributed by atoms with E-state index in [2.05, 4.69) is 16.1 Å². The molecular formula is C17H18N2O3S. The van der Waals surface area contributed by atoms with E-state index in [1.165, 1.54) is 36.9 Å². The predicted octanol–water partition coefficient (Wildman–Crippen LogP) is 2.01. The Kier molecular flexibility index (Phi) is 4.19. The summed E-state index contributed by atoms with van der Waals surface area (Å²) in [6, 6.07) is 14.0. The lowest BCUT2D eigenvalue weighted by molar-refractivity contribution is 0.0936. The second-order valence-corrected chi connectivity index (χ2v) is 7.38. The molecule has 1 atom stereocenters. The van der Waals surface area contributed by atoms with E-state index in [4.69, 9.17) is 0 Å². The first-order valence-corrected chi connectivity index (χ1v) is 8.92. The fourth-order valence-corrected chi connectivity index (χ4v) is 3.58. The number of hydrogen-bond donors (Lipinski definition) is 2. The third-order valence-corrected chi connectivity index (χ3v) is 5.56. The van der Waals surface area contributed by atoms with Gasteiger partial charge < -0.3 is 5.32 Å². The average Bonchev–Trinajstić information content (AvgIpc) is 2.98. The van der Waals surface area contributed by atoms with Gasteiger partial charge in [0.15, 0.2) is 0 Å². The molecule has 120 valence electrons. The molecule has 1 amide bonds. The van der Waals surface area contributed by atoms with Crippen LogP contribution in [0.2, 0.25) is 0 Å². The third kappa shape index (κ3) is 3.13. The summed E-state index contributed by atoms with van der Waals surface area (Å²) < 4.78 is 25.6. The Morgan fingerprint density at radius 3 is 2.48 bits per heavy atom. The van der Waals surface area contributed by atoms with E-state index in [1.807, 2.05) is 18.2 Å². The van der Waals surface area contributed by atoms with Crippen molar-refractivity contribution < 1.29 is 13.2 Å². The van der Waals surface area contributed by atoms with Crippen LogP contribution >= 0.6 is 0 Å². The minimum atomic E-state index is -3.48. The molecule has 0 saturated carbocycles. The van der Waals surface area contributed by atoms with E-state index in [1.54, 1.807) is 0 Å². The van der Waals surface area contributed by atoms with E-state index in [9.17, 15) is 13.2 Å². The summed E-state index contributed by atoms with van der Waals surface area (Å²) in [5, 5.41) is 3.02. The van der Waals surface area contributed by atoms with Gasteiger partial charge in [-0.3, -0.25) is 4.79 Å². The van der Waals surface area contributed by atoms with E-state index in [0.717, 1.165) is 18.4 Å². The number of rotatable bonds is 4. The Hall–Kier alpha value is -2.18. The van der Waals surface area contributed by atoms with Gasteiger partial charge >= 0.3 is 0 Å². The summed E-state index contributed by atoms with van der Waals surface area (Å²) >= 11 is 0. The highest BCUT2D eigenvalue weighted by Crippen LogP contribution is 2.30. The zero-order valence-electron chi connectivity index (χ0n) is 12.7. The summed E-state index contributed by atoms with van der Waals surface area (Å²) in [6.07, 6.45) is 1.85. The molecule has 0 unspecified atom stereocenters. The monoisotopic (exact) mass is 330 g/mol. The van der Waals surface area contributed by atoms with Gasteiger partial charge in [-0.2, -0.15) is 0 Å². The van der Waals surface area contributed by atoms with Crippen LogP contribution < -0.4 is 10.0 Å². The second kappa shape index (κ2) is 6.14. The minimum absolute atomic E-state index is 0.0133. The van der Waals surface area contributed by atoms with Gasteiger partial charge in [0.05, 0.1) is 10.9 Å². The van der Waals surface area contributed by atoms with Gasteiger partial charge in [-0.15, -0.1) is 0 Å². The molecule has 6 heteroatoms. The maximum absolute atomic E-state index is 12.4. The third-order valence-electron chi connectivity index (χ3n) is 4.13. The SMILES string of the molecule is CNS(=O)(=O)c1ccc(C(=O)N[C@@H]2CCc3ccccc32)cc1. The Morgan fingerprint density at radius 1 is 1.09 bits per heavy atom. The van der Waals surface area contributed by atoms with Crippen LogP contribution in [0.1, 0.15) is 33.9 Å². The van der Waals surface area contributed by atoms with Crippen molar-refractivity contribution in [3.63, 3.8) is 0 Å². The molecule has 23 heavy (non-hydrogen) atoms. The van der Waals surface area contributed by atoms with Gasteiger partial charge in [0, 0.05) is 5.56 Å². The molecule has 2 N–H and O–H groups in total. The number of carbonyl (C=O) groups excluding carboxylic acids is 1. The lowest BCUT2D eigenvalue weighted by Gasteiger charge is -2.14. The first kappa shape index (κ1) is 15.7. The highest BCUT2D eigenvalue weighted by Gasteiger charge is 2.23. The van der Waals surface area contributed by atoms with Crippen molar-refractivity contribution in [3.8, 4) is 0 Å². The Labute approximate surface area is 135 Å². The second-order valence-electron chi connectivity index (χ2n) is 5.50. The molecule has 1 aliphatic carbocycles. The van der Waals surface area contributed by atoms with Gasteiger partial charge in [-0.05, 0) is 55.3 Å². The number of aryl methyl sites for hydroxylation is 1. The number of fused-ring (bicyclic) bond motifs is 1. The molecule has 1 aliphatic rings. The zero-order chi connectivity index (χ0) is 16.4. The molecule has 2 aromatic carbocycles. The first-order chi connectivity index (χ1) is 11.0. The van der Waals surface area contributed by atoms with Crippen LogP contribution in [0.15, 0.2) is 53.4 Å². The normalized spacial score (nSPS) is 16.8. The summed E-state index contributed by atoms with van der Waals surface area (Å²) in [5.74, 6) is -0.194. The quantitative estimate of drug-likeness (QED) is 0.900. The largest absolute Gasteiger partial charge is 0.345 e. The van der Waals surface area contributed by atoms with E-state index >= 15 is 0 Å². The minimum Gasteiger partial charge on any atom is -0.345 e. The lowest BCUT2D eigenvalue weighted by Crippen LogP contribution is -2.27. The van der Waals surface area contributed by atoms with Crippen LogP contribution in [0, 0.1) is 0 Å². The summed E-state index contributed by atoms with van der Waals surface area (Å²) in [4.78, 5) is 12.5. The molecule has 0 spiro atoms. The highest BCUT2D eigenvalue weighted by molar-refractivity contribution is 7.89.